The number of aromatic nitrogens is 2. The van der Waals surface area contributed by atoms with Crippen molar-refractivity contribution in [2.24, 2.45) is 0 Å². The smallest absolute Gasteiger partial charge is 0.225 e. The Balaban J connectivity index is 1.57. The molecule has 0 saturated carbocycles. The number of anilines is 2. The van der Waals surface area contributed by atoms with Crippen LogP contribution in [0.2, 0.25) is 0 Å². The molecular formula is C22H16F4N4. The number of hydrogen-bond acceptors (Lipinski definition) is 4. The van der Waals surface area contributed by atoms with Crippen molar-refractivity contribution >= 4 is 22.7 Å². The van der Waals surface area contributed by atoms with E-state index in [9.17, 15) is 17.6 Å². The van der Waals surface area contributed by atoms with Gasteiger partial charge in [0.1, 0.15) is 5.82 Å². The first-order valence-corrected chi connectivity index (χ1v) is 9.12. The third-order valence-electron chi connectivity index (χ3n) is 4.48. The van der Waals surface area contributed by atoms with Crippen LogP contribution in [0.5, 0.6) is 0 Å². The maximum atomic E-state index is 13.4. The maximum absolute atomic E-state index is 13.4. The summed E-state index contributed by atoms with van der Waals surface area (Å²) in [6, 6.07) is 14.6. The normalized spacial score (nSPS) is 10.9. The molecule has 3 aromatic carbocycles. The lowest BCUT2D eigenvalue weighted by atomic mass is 10.2. The van der Waals surface area contributed by atoms with Crippen LogP contribution in [0.15, 0.2) is 60.7 Å². The van der Waals surface area contributed by atoms with E-state index < -0.39 is 23.3 Å². The van der Waals surface area contributed by atoms with Gasteiger partial charge in [-0.3, -0.25) is 0 Å². The minimum atomic E-state index is -0.928. The van der Waals surface area contributed by atoms with E-state index >= 15 is 0 Å². The molecule has 0 aliphatic rings. The number of para-hydroxylation sites is 1. The Bertz CT molecular complexity index is 1210. The van der Waals surface area contributed by atoms with Crippen molar-refractivity contribution in [1.29, 1.82) is 0 Å². The van der Waals surface area contributed by atoms with Gasteiger partial charge in [0.2, 0.25) is 5.95 Å². The molecule has 0 bridgehead atoms. The topological polar surface area (TPSA) is 49.8 Å². The quantitative estimate of drug-likeness (QED) is 0.416. The Hall–Kier alpha value is -3.68. The summed E-state index contributed by atoms with van der Waals surface area (Å²) in [7, 11) is 0. The highest BCUT2D eigenvalue weighted by Crippen LogP contribution is 2.23. The molecule has 0 aliphatic carbocycles. The van der Waals surface area contributed by atoms with Gasteiger partial charge in [0.05, 0.1) is 5.52 Å². The van der Waals surface area contributed by atoms with E-state index in [1.165, 1.54) is 12.1 Å². The van der Waals surface area contributed by atoms with Crippen molar-refractivity contribution in [3.63, 3.8) is 0 Å². The molecule has 4 rings (SSSR count). The molecule has 4 aromatic rings. The van der Waals surface area contributed by atoms with E-state index in [4.69, 9.17) is 0 Å². The molecule has 1 heterocycles. The molecule has 0 fully saturated rings. The zero-order chi connectivity index (χ0) is 21.1. The Morgan fingerprint density at radius 3 is 1.87 bits per heavy atom. The van der Waals surface area contributed by atoms with Gasteiger partial charge < -0.3 is 10.6 Å². The molecule has 0 amide bonds. The van der Waals surface area contributed by atoms with Gasteiger partial charge in [0.25, 0.3) is 0 Å². The van der Waals surface area contributed by atoms with Crippen LogP contribution < -0.4 is 10.6 Å². The number of halogens is 4. The van der Waals surface area contributed by atoms with Crippen LogP contribution in [0.3, 0.4) is 0 Å². The molecule has 0 saturated heterocycles. The number of fused-ring (bicyclic) bond motifs is 1. The van der Waals surface area contributed by atoms with E-state index in [1.54, 1.807) is 0 Å². The van der Waals surface area contributed by atoms with Crippen LogP contribution in [0.1, 0.15) is 11.1 Å². The third-order valence-corrected chi connectivity index (χ3v) is 4.48. The average molecular weight is 412 g/mol. The van der Waals surface area contributed by atoms with Crippen molar-refractivity contribution < 1.29 is 17.6 Å². The Morgan fingerprint density at radius 2 is 1.23 bits per heavy atom. The van der Waals surface area contributed by atoms with Gasteiger partial charge in [-0.25, -0.2) is 22.5 Å². The molecule has 1 aromatic heterocycles. The summed E-state index contributed by atoms with van der Waals surface area (Å²) in [4.78, 5) is 8.87. The molecule has 8 heteroatoms. The second-order valence-corrected chi connectivity index (χ2v) is 6.62. The second-order valence-electron chi connectivity index (χ2n) is 6.62. The van der Waals surface area contributed by atoms with Crippen LogP contribution >= 0.6 is 0 Å². The first-order chi connectivity index (χ1) is 14.5. The molecule has 0 aliphatic heterocycles. The van der Waals surface area contributed by atoms with Gasteiger partial charge in [-0.2, -0.15) is 4.98 Å². The van der Waals surface area contributed by atoms with E-state index in [-0.39, 0.29) is 19.0 Å². The maximum Gasteiger partial charge on any atom is 0.225 e. The summed E-state index contributed by atoms with van der Waals surface area (Å²) in [6.45, 7) is 0.416. The fourth-order valence-electron chi connectivity index (χ4n) is 2.96. The Labute approximate surface area is 169 Å². The highest BCUT2D eigenvalue weighted by Gasteiger charge is 2.09. The van der Waals surface area contributed by atoms with Crippen molar-refractivity contribution in [1.82, 2.24) is 9.97 Å². The predicted molar refractivity (Wildman–Crippen MR) is 107 cm³/mol. The molecular weight excluding hydrogens is 396 g/mol. The summed E-state index contributed by atoms with van der Waals surface area (Å²) < 4.78 is 53.1. The van der Waals surface area contributed by atoms with Crippen molar-refractivity contribution in [2.45, 2.75) is 13.1 Å². The number of rotatable bonds is 6. The second kappa shape index (κ2) is 8.36. The summed E-state index contributed by atoms with van der Waals surface area (Å²) in [5, 5.41) is 6.86. The molecule has 4 nitrogen and oxygen atoms in total. The fourth-order valence-corrected chi connectivity index (χ4v) is 2.96. The van der Waals surface area contributed by atoms with E-state index in [1.807, 2.05) is 24.3 Å². The lowest BCUT2D eigenvalue weighted by molar-refractivity contribution is 0.507. The van der Waals surface area contributed by atoms with Gasteiger partial charge in [0.15, 0.2) is 23.3 Å². The zero-order valence-electron chi connectivity index (χ0n) is 15.6. The largest absolute Gasteiger partial charge is 0.365 e. The van der Waals surface area contributed by atoms with Gasteiger partial charge in [0, 0.05) is 18.5 Å². The van der Waals surface area contributed by atoms with Crippen LogP contribution in [0.4, 0.5) is 29.3 Å². The molecule has 0 atom stereocenters. The molecule has 30 heavy (non-hydrogen) atoms. The lowest BCUT2D eigenvalue weighted by Gasteiger charge is -2.12. The highest BCUT2D eigenvalue weighted by atomic mass is 19.2. The Morgan fingerprint density at radius 1 is 0.633 bits per heavy atom. The lowest BCUT2D eigenvalue weighted by Crippen LogP contribution is -2.08. The average Bonchev–Trinajstić information content (AvgIpc) is 2.75. The minimum Gasteiger partial charge on any atom is -0.365 e. The summed E-state index contributed by atoms with van der Waals surface area (Å²) in [5.41, 5.74) is 1.74. The van der Waals surface area contributed by atoms with Crippen LogP contribution in [-0.4, -0.2) is 9.97 Å². The van der Waals surface area contributed by atoms with Gasteiger partial charge >= 0.3 is 0 Å². The van der Waals surface area contributed by atoms with Gasteiger partial charge in [-0.05, 0) is 47.5 Å². The van der Waals surface area contributed by atoms with Crippen molar-refractivity contribution in [3.05, 3.63) is 95.1 Å². The van der Waals surface area contributed by atoms with Crippen LogP contribution in [0.25, 0.3) is 10.9 Å². The highest BCUT2D eigenvalue weighted by molar-refractivity contribution is 5.90. The van der Waals surface area contributed by atoms with E-state index in [0.29, 0.717) is 22.5 Å². The minimum absolute atomic E-state index is 0.193. The number of nitrogens with one attached hydrogen (secondary N) is 2. The zero-order valence-corrected chi connectivity index (χ0v) is 15.6. The van der Waals surface area contributed by atoms with Crippen LogP contribution in [-0.2, 0) is 13.1 Å². The number of nitrogens with zero attached hydrogens (tertiary/aromatic N) is 2. The van der Waals surface area contributed by atoms with Gasteiger partial charge in [-0.1, -0.05) is 24.3 Å². The number of hydrogen-bond donors (Lipinski definition) is 2. The summed E-state index contributed by atoms with van der Waals surface area (Å²) in [6.07, 6.45) is 0. The first-order valence-electron chi connectivity index (χ1n) is 9.12. The van der Waals surface area contributed by atoms with Gasteiger partial charge in [-0.15, -0.1) is 0 Å². The number of benzene rings is 3. The van der Waals surface area contributed by atoms with Crippen molar-refractivity contribution in [2.75, 3.05) is 10.6 Å². The summed E-state index contributed by atoms with van der Waals surface area (Å²) >= 11 is 0. The molecule has 0 radical (unpaired) electrons. The van der Waals surface area contributed by atoms with E-state index in [0.717, 1.165) is 29.7 Å². The van der Waals surface area contributed by atoms with E-state index in [2.05, 4.69) is 20.6 Å². The van der Waals surface area contributed by atoms with Crippen LogP contribution in [0, 0.1) is 23.3 Å². The van der Waals surface area contributed by atoms with Crippen molar-refractivity contribution in [3.8, 4) is 0 Å². The predicted octanol–water partition coefficient (Wildman–Crippen LogP) is 5.41. The molecule has 152 valence electrons. The molecule has 0 spiro atoms. The third kappa shape index (κ3) is 4.32. The Kier molecular flexibility index (Phi) is 5.47. The summed E-state index contributed by atoms with van der Waals surface area (Å²) in [5.74, 6) is -2.89. The molecule has 0 unspecified atom stereocenters. The molecule has 2 N–H and O–H groups in total. The monoisotopic (exact) mass is 412 g/mol. The standard InChI is InChI=1S/C22H16F4N4/c23-16-7-5-13(9-18(16)25)11-27-21-15-3-1-2-4-20(15)29-22(30-21)28-12-14-6-8-17(24)19(26)10-14/h1-10H,11-12H2,(H2,27,28,29,30). The SMILES string of the molecule is Fc1ccc(CNc2nc(NCc3ccc(F)c(F)c3)c3ccccc3n2)cc1F. The first kappa shape index (κ1) is 19.6. The fraction of sp³-hybridized carbons (Fsp3) is 0.0909.